The number of carbonyl (C=O) groups is 1. The van der Waals surface area contributed by atoms with Gasteiger partial charge in [0.05, 0.1) is 0 Å². The van der Waals surface area contributed by atoms with Gasteiger partial charge in [0.15, 0.2) is 11.5 Å². The number of H-pyrrole nitrogens is 1. The Kier molecular flexibility index (Phi) is 4.01. The SMILES string of the molecule is O=C(C=C(O)c1nn[nH]n1)c1csc(Cc2ccncc2)c1. The minimum atomic E-state index is -0.319. The van der Waals surface area contributed by atoms with Gasteiger partial charge in [-0.3, -0.25) is 9.78 Å². The highest BCUT2D eigenvalue weighted by Gasteiger charge is 2.11. The average Bonchev–Trinajstić information content (AvgIpc) is 3.19. The number of tetrazole rings is 1. The van der Waals surface area contributed by atoms with Crippen LogP contribution in [0, 0.1) is 0 Å². The van der Waals surface area contributed by atoms with Crippen molar-refractivity contribution in [3.05, 3.63) is 63.9 Å². The molecule has 3 aromatic heterocycles. The first kappa shape index (κ1) is 14.1. The number of hydrogen-bond acceptors (Lipinski definition) is 7. The molecular weight excluding hydrogens is 302 g/mol. The second kappa shape index (κ2) is 6.27. The quantitative estimate of drug-likeness (QED) is 0.424. The third kappa shape index (κ3) is 3.23. The molecule has 0 aliphatic carbocycles. The van der Waals surface area contributed by atoms with Crippen molar-refractivity contribution in [2.45, 2.75) is 6.42 Å². The van der Waals surface area contributed by atoms with Crippen molar-refractivity contribution in [1.82, 2.24) is 25.6 Å². The van der Waals surface area contributed by atoms with Gasteiger partial charge in [0.25, 0.3) is 0 Å². The molecule has 0 spiro atoms. The fourth-order valence-corrected chi connectivity index (χ4v) is 2.75. The number of aromatic amines is 1. The van der Waals surface area contributed by atoms with Crippen molar-refractivity contribution in [2.75, 3.05) is 0 Å². The molecule has 0 aromatic carbocycles. The van der Waals surface area contributed by atoms with Gasteiger partial charge >= 0.3 is 0 Å². The van der Waals surface area contributed by atoms with Gasteiger partial charge in [0.2, 0.25) is 5.82 Å². The summed E-state index contributed by atoms with van der Waals surface area (Å²) in [6, 6.07) is 5.68. The first-order valence-electron chi connectivity index (χ1n) is 6.37. The average molecular weight is 313 g/mol. The van der Waals surface area contributed by atoms with Gasteiger partial charge in [-0.05, 0) is 29.0 Å². The molecule has 3 heterocycles. The number of hydrogen-bond donors (Lipinski definition) is 2. The normalized spacial score (nSPS) is 11.5. The Morgan fingerprint density at radius 3 is 2.91 bits per heavy atom. The molecule has 0 radical (unpaired) electrons. The number of nitrogens with zero attached hydrogens (tertiary/aromatic N) is 4. The van der Waals surface area contributed by atoms with Gasteiger partial charge in [-0.15, -0.1) is 21.5 Å². The number of aliphatic hydroxyl groups excluding tert-OH is 1. The first-order valence-corrected chi connectivity index (χ1v) is 7.25. The number of ketones is 1. The van der Waals surface area contributed by atoms with Gasteiger partial charge in [-0.2, -0.15) is 5.21 Å². The molecule has 0 amide bonds. The van der Waals surface area contributed by atoms with Crippen molar-refractivity contribution < 1.29 is 9.90 Å². The van der Waals surface area contributed by atoms with Gasteiger partial charge in [-0.1, -0.05) is 0 Å². The van der Waals surface area contributed by atoms with E-state index >= 15 is 0 Å². The maximum absolute atomic E-state index is 12.1. The molecule has 22 heavy (non-hydrogen) atoms. The van der Waals surface area contributed by atoms with E-state index < -0.39 is 0 Å². The molecule has 8 heteroatoms. The summed E-state index contributed by atoms with van der Waals surface area (Å²) in [5.41, 5.74) is 1.64. The zero-order valence-electron chi connectivity index (χ0n) is 11.3. The van der Waals surface area contributed by atoms with Crippen LogP contribution in [0.1, 0.15) is 26.6 Å². The molecule has 7 nitrogen and oxygen atoms in total. The largest absolute Gasteiger partial charge is 0.504 e. The van der Waals surface area contributed by atoms with Crippen molar-refractivity contribution in [3.8, 4) is 0 Å². The second-order valence-corrected chi connectivity index (χ2v) is 5.46. The van der Waals surface area contributed by atoms with E-state index in [1.165, 1.54) is 11.3 Å². The van der Waals surface area contributed by atoms with E-state index in [0.29, 0.717) is 5.56 Å². The molecule has 0 aliphatic heterocycles. The maximum atomic E-state index is 12.1. The van der Waals surface area contributed by atoms with Crippen molar-refractivity contribution >= 4 is 22.9 Å². The third-order valence-electron chi connectivity index (χ3n) is 2.91. The Morgan fingerprint density at radius 1 is 1.36 bits per heavy atom. The highest BCUT2D eigenvalue weighted by atomic mass is 32.1. The smallest absolute Gasteiger partial charge is 0.239 e. The van der Waals surface area contributed by atoms with Crippen LogP contribution >= 0.6 is 11.3 Å². The third-order valence-corrected chi connectivity index (χ3v) is 3.84. The van der Waals surface area contributed by atoms with Crippen LogP contribution in [0.2, 0.25) is 0 Å². The summed E-state index contributed by atoms with van der Waals surface area (Å²) in [5, 5.41) is 24.2. The van der Waals surface area contributed by atoms with Crippen LogP contribution in [0.25, 0.3) is 5.76 Å². The number of nitrogens with one attached hydrogen (secondary N) is 1. The van der Waals surface area contributed by atoms with Crippen LogP contribution in [-0.2, 0) is 6.42 Å². The predicted octanol–water partition coefficient (Wildman–Crippen LogP) is 2.03. The molecule has 3 aromatic rings. The van der Waals surface area contributed by atoms with E-state index in [9.17, 15) is 9.90 Å². The number of aliphatic hydroxyl groups is 1. The van der Waals surface area contributed by atoms with E-state index in [0.717, 1.165) is 22.9 Å². The number of thiophene rings is 1. The van der Waals surface area contributed by atoms with Crippen LogP contribution in [0.5, 0.6) is 0 Å². The minimum absolute atomic E-state index is 0.0133. The number of pyridine rings is 1. The number of allylic oxidation sites excluding steroid dienone is 1. The molecule has 0 bridgehead atoms. The summed E-state index contributed by atoms with van der Waals surface area (Å²) in [6.07, 6.45) is 5.30. The Hall–Kier alpha value is -2.87. The standard InChI is InChI=1S/C14H11N5O2S/c20-12(7-13(21)14-16-18-19-17-14)10-6-11(22-8-10)5-9-1-3-15-4-2-9/h1-4,6-8,21H,5H2,(H,16,17,18,19). The molecule has 0 aliphatic rings. The van der Waals surface area contributed by atoms with E-state index in [1.807, 2.05) is 18.2 Å². The number of carbonyl (C=O) groups excluding carboxylic acids is 1. The lowest BCUT2D eigenvalue weighted by Gasteiger charge is -1.96. The molecule has 0 saturated heterocycles. The molecule has 110 valence electrons. The van der Waals surface area contributed by atoms with Crippen molar-refractivity contribution in [1.29, 1.82) is 0 Å². The summed E-state index contributed by atoms with van der Waals surface area (Å²) in [4.78, 5) is 17.1. The predicted molar refractivity (Wildman–Crippen MR) is 80.5 cm³/mol. The maximum Gasteiger partial charge on any atom is 0.239 e. The van der Waals surface area contributed by atoms with E-state index in [2.05, 4.69) is 25.6 Å². The molecule has 0 unspecified atom stereocenters. The summed E-state index contributed by atoms with van der Waals surface area (Å²) in [6.45, 7) is 0. The zero-order chi connectivity index (χ0) is 15.4. The van der Waals surface area contributed by atoms with E-state index in [1.54, 1.807) is 17.8 Å². The molecule has 3 rings (SSSR count). The van der Waals surface area contributed by atoms with Crippen molar-refractivity contribution in [3.63, 3.8) is 0 Å². The summed E-state index contributed by atoms with van der Waals surface area (Å²) < 4.78 is 0. The zero-order valence-corrected chi connectivity index (χ0v) is 12.1. The van der Waals surface area contributed by atoms with Crippen LogP contribution < -0.4 is 0 Å². The minimum Gasteiger partial charge on any atom is -0.504 e. The highest BCUT2D eigenvalue weighted by Crippen LogP contribution is 2.20. The Labute approximate surface area is 129 Å². The lowest BCUT2D eigenvalue weighted by Crippen LogP contribution is -1.96. The number of aromatic nitrogens is 5. The van der Waals surface area contributed by atoms with Crippen LogP contribution in [-0.4, -0.2) is 36.5 Å². The molecule has 0 atom stereocenters. The van der Waals surface area contributed by atoms with E-state index in [-0.39, 0.29) is 17.4 Å². The highest BCUT2D eigenvalue weighted by molar-refractivity contribution is 7.10. The van der Waals surface area contributed by atoms with Gasteiger partial charge < -0.3 is 5.11 Å². The summed E-state index contributed by atoms with van der Waals surface area (Å²) >= 11 is 1.50. The summed E-state index contributed by atoms with van der Waals surface area (Å²) in [7, 11) is 0. The van der Waals surface area contributed by atoms with Crippen LogP contribution in [0.15, 0.2) is 42.0 Å². The lowest BCUT2D eigenvalue weighted by molar-refractivity contribution is 0.104. The van der Waals surface area contributed by atoms with Gasteiger partial charge in [0.1, 0.15) is 0 Å². The molecular formula is C14H11N5O2S. The second-order valence-electron chi connectivity index (χ2n) is 4.46. The lowest BCUT2D eigenvalue weighted by atomic mass is 10.1. The van der Waals surface area contributed by atoms with Gasteiger partial charge in [-0.25, -0.2) is 0 Å². The fraction of sp³-hybridized carbons (Fsp3) is 0.0714. The Balaban J connectivity index is 1.73. The Bertz CT molecular complexity index is 796. The van der Waals surface area contributed by atoms with Gasteiger partial charge in [0, 0.05) is 40.7 Å². The fourth-order valence-electron chi connectivity index (χ4n) is 1.85. The monoisotopic (exact) mass is 313 g/mol. The first-order chi connectivity index (χ1) is 10.7. The number of rotatable bonds is 5. The Morgan fingerprint density at radius 2 is 2.18 bits per heavy atom. The van der Waals surface area contributed by atoms with Crippen LogP contribution in [0.3, 0.4) is 0 Å². The summed E-state index contributed by atoms with van der Waals surface area (Å²) in [5.74, 6) is -0.638. The topological polar surface area (TPSA) is 105 Å². The molecule has 0 fully saturated rings. The van der Waals surface area contributed by atoms with Crippen molar-refractivity contribution in [2.24, 2.45) is 0 Å². The van der Waals surface area contributed by atoms with Crippen LogP contribution in [0.4, 0.5) is 0 Å². The molecule has 2 N–H and O–H groups in total. The van der Waals surface area contributed by atoms with E-state index in [4.69, 9.17) is 0 Å². The molecule has 0 saturated carbocycles.